The smallest absolute Gasteiger partial charge is 0.238 e. The molecule has 0 radical (unpaired) electrons. The van der Waals surface area contributed by atoms with Crippen molar-refractivity contribution in [2.24, 2.45) is 0 Å². The van der Waals surface area contributed by atoms with Crippen molar-refractivity contribution in [3.05, 3.63) is 57.8 Å². The Labute approximate surface area is 196 Å². The number of aryl methyl sites for hydroxylation is 1. The van der Waals surface area contributed by atoms with Gasteiger partial charge in [0.2, 0.25) is 15.9 Å². The first-order chi connectivity index (χ1) is 15.4. The van der Waals surface area contributed by atoms with Gasteiger partial charge in [-0.2, -0.15) is 4.31 Å². The van der Waals surface area contributed by atoms with Crippen molar-refractivity contribution >= 4 is 27.3 Å². The summed E-state index contributed by atoms with van der Waals surface area (Å²) in [6, 6.07) is 11.9. The standard InChI is InChI=1S/C24H34N2O4S2/c1-3-4-15-32(28,29)26(17-22-11-8-13-30-22)19-24(27)25(16-21-9-6-5-7-10-21)18-23-20(2)12-14-31-23/h5-7,9-10,12,14,22H,3-4,8,11,13,15-19H2,1-2H3. The minimum absolute atomic E-state index is 0.0617. The fourth-order valence-corrected chi connectivity index (χ4v) is 6.31. The summed E-state index contributed by atoms with van der Waals surface area (Å²) in [4.78, 5) is 16.4. The zero-order valence-corrected chi connectivity index (χ0v) is 20.7. The van der Waals surface area contributed by atoms with E-state index in [-0.39, 0.29) is 30.9 Å². The fraction of sp³-hybridized carbons (Fsp3) is 0.542. The number of carbonyl (C=O) groups is 1. The van der Waals surface area contributed by atoms with Crippen molar-refractivity contribution in [3.63, 3.8) is 0 Å². The maximum Gasteiger partial charge on any atom is 0.238 e. The van der Waals surface area contributed by atoms with Gasteiger partial charge in [0.15, 0.2) is 0 Å². The molecule has 3 rings (SSSR count). The largest absolute Gasteiger partial charge is 0.377 e. The second-order valence-electron chi connectivity index (χ2n) is 8.36. The number of ether oxygens (including phenoxy) is 1. The van der Waals surface area contributed by atoms with Gasteiger partial charge in [-0.15, -0.1) is 11.3 Å². The van der Waals surface area contributed by atoms with E-state index in [2.05, 4.69) is 0 Å². The zero-order chi connectivity index (χ0) is 23.0. The van der Waals surface area contributed by atoms with Crippen LogP contribution in [0, 0.1) is 6.92 Å². The Balaban J connectivity index is 1.79. The van der Waals surface area contributed by atoms with E-state index in [1.807, 2.05) is 55.6 Å². The molecule has 8 heteroatoms. The highest BCUT2D eigenvalue weighted by Gasteiger charge is 2.30. The first-order valence-electron chi connectivity index (χ1n) is 11.3. The van der Waals surface area contributed by atoms with Crippen LogP contribution in [0.25, 0.3) is 0 Å². The lowest BCUT2D eigenvalue weighted by Crippen LogP contribution is -2.46. The molecule has 1 saturated heterocycles. The summed E-state index contributed by atoms with van der Waals surface area (Å²) < 4.78 is 33.2. The topological polar surface area (TPSA) is 66.9 Å². The van der Waals surface area contributed by atoms with Gasteiger partial charge in [0.1, 0.15) is 0 Å². The van der Waals surface area contributed by atoms with E-state index in [0.29, 0.717) is 26.1 Å². The molecular weight excluding hydrogens is 444 g/mol. The van der Waals surface area contributed by atoms with Crippen LogP contribution < -0.4 is 0 Å². The lowest BCUT2D eigenvalue weighted by atomic mass is 10.2. The number of rotatable bonds is 12. The van der Waals surface area contributed by atoms with Gasteiger partial charge in [0.25, 0.3) is 0 Å². The zero-order valence-electron chi connectivity index (χ0n) is 19.0. The van der Waals surface area contributed by atoms with E-state index in [0.717, 1.165) is 35.3 Å². The highest BCUT2D eigenvalue weighted by molar-refractivity contribution is 7.89. The summed E-state index contributed by atoms with van der Waals surface area (Å²) in [6.07, 6.45) is 3.00. The van der Waals surface area contributed by atoms with Gasteiger partial charge in [-0.25, -0.2) is 8.42 Å². The summed E-state index contributed by atoms with van der Waals surface area (Å²) in [5.74, 6) is -0.119. The first kappa shape index (κ1) is 24.9. The Bertz CT molecular complexity index is 953. The quantitative estimate of drug-likeness (QED) is 0.459. The third kappa shape index (κ3) is 7.13. The maximum absolute atomic E-state index is 13.5. The van der Waals surface area contributed by atoms with Gasteiger partial charge in [0.05, 0.1) is 24.9 Å². The fourth-order valence-electron chi connectivity index (χ4n) is 3.77. The molecule has 0 aliphatic carbocycles. The molecule has 32 heavy (non-hydrogen) atoms. The van der Waals surface area contributed by atoms with Gasteiger partial charge < -0.3 is 9.64 Å². The highest BCUT2D eigenvalue weighted by Crippen LogP contribution is 2.21. The number of hydrogen-bond donors (Lipinski definition) is 0. The van der Waals surface area contributed by atoms with E-state index in [9.17, 15) is 13.2 Å². The van der Waals surface area contributed by atoms with Crippen molar-refractivity contribution in [1.29, 1.82) is 0 Å². The lowest BCUT2D eigenvalue weighted by molar-refractivity contribution is -0.132. The molecule has 2 aromatic rings. The van der Waals surface area contributed by atoms with Crippen molar-refractivity contribution in [3.8, 4) is 0 Å². The van der Waals surface area contributed by atoms with Crippen LogP contribution in [-0.2, 0) is 32.6 Å². The average Bonchev–Trinajstić information content (AvgIpc) is 3.44. The van der Waals surface area contributed by atoms with Gasteiger partial charge in [-0.05, 0) is 48.8 Å². The number of benzene rings is 1. The van der Waals surface area contributed by atoms with E-state index in [1.165, 1.54) is 4.31 Å². The lowest BCUT2D eigenvalue weighted by Gasteiger charge is -2.28. The third-order valence-electron chi connectivity index (χ3n) is 5.76. The summed E-state index contributed by atoms with van der Waals surface area (Å²) >= 11 is 1.62. The number of thiophene rings is 1. The monoisotopic (exact) mass is 478 g/mol. The van der Waals surface area contributed by atoms with Crippen LogP contribution >= 0.6 is 11.3 Å². The van der Waals surface area contributed by atoms with E-state index < -0.39 is 10.0 Å². The molecule has 6 nitrogen and oxygen atoms in total. The first-order valence-corrected chi connectivity index (χ1v) is 13.8. The molecule has 0 N–H and O–H groups in total. The average molecular weight is 479 g/mol. The number of sulfonamides is 1. The second-order valence-corrected chi connectivity index (χ2v) is 11.4. The van der Waals surface area contributed by atoms with Gasteiger partial charge >= 0.3 is 0 Å². The Hall–Kier alpha value is -1.74. The van der Waals surface area contributed by atoms with Crippen molar-refractivity contribution < 1.29 is 17.9 Å². The van der Waals surface area contributed by atoms with E-state index in [1.54, 1.807) is 16.2 Å². The minimum atomic E-state index is -3.54. The number of unbranched alkanes of at least 4 members (excludes halogenated alkanes) is 1. The highest BCUT2D eigenvalue weighted by atomic mass is 32.2. The van der Waals surface area contributed by atoms with Crippen LogP contribution in [0.4, 0.5) is 0 Å². The predicted octanol–water partition coefficient (Wildman–Crippen LogP) is 4.20. The SMILES string of the molecule is CCCCS(=O)(=O)N(CC(=O)N(Cc1ccccc1)Cc1sccc1C)CC1CCCO1. The molecule has 0 spiro atoms. The molecule has 1 unspecified atom stereocenters. The molecule has 1 aromatic carbocycles. The normalized spacial score (nSPS) is 16.5. The van der Waals surface area contributed by atoms with Crippen LogP contribution in [-0.4, -0.2) is 55.1 Å². The molecule has 1 fully saturated rings. The number of nitrogens with zero attached hydrogens (tertiary/aromatic N) is 2. The van der Waals surface area contributed by atoms with Crippen molar-refractivity contribution in [2.75, 3.05) is 25.4 Å². The number of carbonyl (C=O) groups excluding carboxylic acids is 1. The Morgan fingerprint density at radius 2 is 1.97 bits per heavy atom. The van der Waals surface area contributed by atoms with Gasteiger partial charge in [0, 0.05) is 24.6 Å². The maximum atomic E-state index is 13.5. The molecule has 2 heterocycles. The molecule has 1 atom stereocenters. The van der Waals surface area contributed by atoms with E-state index >= 15 is 0 Å². The van der Waals surface area contributed by atoms with Crippen LogP contribution in [0.1, 0.15) is 48.6 Å². The Morgan fingerprint density at radius 3 is 2.59 bits per heavy atom. The molecule has 0 saturated carbocycles. The Kier molecular flexibility index (Phi) is 9.28. The summed E-state index contributed by atoms with van der Waals surface area (Å²) in [5, 5.41) is 2.02. The van der Waals surface area contributed by atoms with Gasteiger partial charge in [-0.3, -0.25) is 4.79 Å². The molecule has 176 valence electrons. The molecule has 1 aliphatic rings. The van der Waals surface area contributed by atoms with E-state index in [4.69, 9.17) is 4.74 Å². The Morgan fingerprint density at radius 1 is 1.19 bits per heavy atom. The predicted molar refractivity (Wildman–Crippen MR) is 129 cm³/mol. The number of amides is 1. The van der Waals surface area contributed by atoms with Gasteiger partial charge in [-0.1, -0.05) is 43.7 Å². The molecule has 0 bridgehead atoms. The van der Waals surface area contributed by atoms with Crippen molar-refractivity contribution in [2.45, 2.75) is 58.7 Å². The third-order valence-corrected chi connectivity index (χ3v) is 8.64. The summed E-state index contributed by atoms with van der Waals surface area (Å²) in [5.41, 5.74) is 2.17. The van der Waals surface area contributed by atoms with Crippen LogP contribution in [0.2, 0.25) is 0 Å². The van der Waals surface area contributed by atoms with Crippen LogP contribution in [0.5, 0.6) is 0 Å². The van der Waals surface area contributed by atoms with Crippen molar-refractivity contribution in [1.82, 2.24) is 9.21 Å². The summed E-state index contributed by atoms with van der Waals surface area (Å²) in [6.45, 7) is 5.67. The second kappa shape index (κ2) is 11.9. The molecular formula is C24H34N2O4S2. The van der Waals surface area contributed by atoms with Crippen LogP contribution in [0.15, 0.2) is 41.8 Å². The molecule has 1 aromatic heterocycles. The minimum Gasteiger partial charge on any atom is -0.377 e. The van der Waals surface area contributed by atoms with Crippen LogP contribution in [0.3, 0.4) is 0 Å². The molecule has 1 aliphatic heterocycles. The summed E-state index contributed by atoms with van der Waals surface area (Å²) in [7, 11) is -3.54. The number of hydrogen-bond acceptors (Lipinski definition) is 5. The molecule has 1 amide bonds.